The average Bonchev–Trinajstić information content (AvgIpc) is 2.56. The lowest BCUT2D eigenvalue weighted by Gasteiger charge is -2.17. The van der Waals surface area contributed by atoms with Crippen LogP contribution in [-0.4, -0.2) is 37.1 Å². The van der Waals surface area contributed by atoms with Crippen LogP contribution in [0.4, 0.5) is 0 Å². The predicted molar refractivity (Wildman–Crippen MR) is 77.8 cm³/mol. The predicted octanol–water partition coefficient (Wildman–Crippen LogP) is 3.77. The van der Waals surface area contributed by atoms with Crippen LogP contribution in [0.1, 0.15) is 24.2 Å². The fourth-order valence-electron chi connectivity index (χ4n) is 1.22. The number of carbonyl (C=O) groups is 1. The van der Waals surface area contributed by atoms with Crippen LogP contribution in [0.2, 0.25) is 0 Å². The lowest BCUT2D eigenvalue weighted by Crippen LogP contribution is -2.30. The zero-order valence-electron chi connectivity index (χ0n) is 10.00. The molecule has 0 radical (unpaired) electrons. The third kappa shape index (κ3) is 4.69. The molecule has 96 valence electrons. The molecule has 0 saturated heterocycles. The molecule has 3 nitrogen and oxygen atoms in total. The summed E-state index contributed by atoms with van der Waals surface area (Å²) < 4.78 is 7.22. The molecule has 0 aliphatic carbocycles. The van der Waals surface area contributed by atoms with Gasteiger partial charge in [-0.05, 0) is 51.8 Å². The van der Waals surface area contributed by atoms with Crippen molar-refractivity contribution in [1.29, 1.82) is 0 Å². The molecule has 0 aliphatic rings. The van der Waals surface area contributed by atoms with Gasteiger partial charge in [-0.1, -0.05) is 0 Å². The number of hydrogen-bond donors (Lipinski definition) is 0. The van der Waals surface area contributed by atoms with Gasteiger partial charge in [-0.15, -0.1) is 11.3 Å². The Morgan fingerprint density at radius 1 is 1.53 bits per heavy atom. The standard InChI is InChI=1S/C11H15Br2NO2S/c1-7(2)16-5-4-14(3)11(15)8-6-9(12)17-10(8)13/h6-7H,4-5H2,1-3H3. The number of thiophene rings is 1. The number of nitrogens with zero attached hydrogens (tertiary/aromatic N) is 1. The molecule has 1 amide bonds. The Labute approximate surface area is 122 Å². The van der Waals surface area contributed by atoms with Crippen molar-refractivity contribution in [3.63, 3.8) is 0 Å². The minimum absolute atomic E-state index is 0.00572. The molecule has 0 aliphatic heterocycles. The molecular weight excluding hydrogens is 370 g/mol. The molecule has 0 aromatic carbocycles. The molecule has 1 heterocycles. The number of ether oxygens (including phenoxy) is 1. The van der Waals surface area contributed by atoms with Crippen LogP contribution in [0, 0.1) is 0 Å². The molecule has 6 heteroatoms. The van der Waals surface area contributed by atoms with Gasteiger partial charge in [-0.3, -0.25) is 4.79 Å². The lowest BCUT2D eigenvalue weighted by atomic mass is 10.3. The van der Waals surface area contributed by atoms with Gasteiger partial charge in [0.25, 0.3) is 5.91 Å². The molecule has 0 saturated carbocycles. The SMILES string of the molecule is CC(C)OCCN(C)C(=O)c1cc(Br)sc1Br. The normalized spacial score (nSPS) is 10.9. The van der Waals surface area contributed by atoms with Crippen LogP contribution >= 0.6 is 43.2 Å². The van der Waals surface area contributed by atoms with Gasteiger partial charge in [-0.2, -0.15) is 0 Å². The van der Waals surface area contributed by atoms with E-state index in [9.17, 15) is 4.79 Å². The molecule has 1 rings (SSSR count). The fraction of sp³-hybridized carbons (Fsp3) is 0.545. The van der Waals surface area contributed by atoms with Crippen molar-refractivity contribution < 1.29 is 9.53 Å². The van der Waals surface area contributed by atoms with E-state index in [1.165, 1.54) is 11.3 Å². The van der Waals surface area contributed by atoms with E-state index in [1.54, 1.807) is 11.9 Å². The highest BCUT2D eigenvalue weighted by atomic mass is 79.9. The second kappa shape index (κ2) is 6.87. The summed E-state index contributed by atoms with van der Waals surface area (Å²) in [6.45, 7) is 5.11. The second-order valence-electron chi connectivity index (χ2n) is 3.88. The summed E-state index contributed by atoms with van der Waals surface area (Å²) >= 11 is 8.25. The fourth-order valence-corrected chi connectivity index (χ4v) is 4.00. The van der Waals surface area contributed by atoms with Gasteiger partial charge in [0.15, 0.2) is 0 Å². The Bertz CT molecular complexity index is 393. The van der Waals surface area contributed by atoms with Crippen LogP contribution in [0.25, 0.3) is 0 Å². The molecule has 0 N–H and O–H groups in total. The summed E-state index contributed by atoms with van der Waals surface area (Å²) in [5.74, 6) is 0.00572. The molecule has 0 bridgehead atoms. The van der Waals surface area contributed by atoms with Crippen LogP contribution in [-0.2, 0) is 4.74 Å². The summed E-state index contributed by atoms with van der Waals surface area (Å²) in [6, 6.07) is 1.83. The summed E-state index contributed by atoms with van der Waals surface area (Å²) in [4.78, 5) is 13.7. The van der Waals surface area contributed by atoms with E-state index >= 15 is 0 Å². The lowest BCUT2D eigenvalue weighted by molar-refractivity contribution is 0.0532. The number of likely N-dealkylation sites (N-methyl/N-ethyl adjacent to an activating group) is 1. The Kier molecular flexibility index (Phi) is 6.12. The van der Waals surface area contributed by atoms with Gasteiger partial charge in [0, 0.05) is 13.6 Å². The van der Waals surface area contributed by atoms with E-state index in [2.05, 4.69) is 31.9 Å². The third-order valence-corrected chi connectivity index (χ3v) is 4.45. The number of amides is 1. The first-order valence-corrected chi connectivity index (χ1v) is 7.64. The van der Waals surface area contributed by atoms with Crippen LogP contribution in [0.5, 0.6) is 0 Å². The second-order valence-corrected chi connectivity index (χ2v) is 7.63. The Hall–Kier alpha value is 0.0900. The van der Waals surface area contributed by atoms with Gasteiger partial charge in [0.1, 0.15) is 0 Å². The largest absolute Gasteiger partial charge is 0.377 e. The van der Waals surface area contributed by atoms with Crippen LogP contribution in [0.15, 0.2) is 13.6 Å². The molecular formula is C11H15Br2NO2S. The smallest absolute Gasteiger partial charge is 0.255 e. The van der Waals surface area contributed by atoms with Crippen molar-refractivity contribution in [1.82, 2.24) is 4.90 Å². The number of rotatable bonds is 5. The first-order valence-electron chi connectivity index (χ1n) is 5.23. The number of hydrogen-bond acceptors (Lipinski definition) is 3. The van der Waals surface area contributed by atoms with Crippen LogP contribution in [0.3, 0.4) is 0 Å². The maximum Gasteiger partial charge on any atom is 0.255 e. The van der Waals surface area contributed by atoms with Crippen molar-refractivity contribution in [2.24, 2.45) is 0 Å². The minimum Gasteiger partial charge on any atom is -0.377 e. The van der Waals surface area contributed by atoms with E-state index in [0.717, 1.165) is 7.57 Å². The Balaban J connectivity index is 2.55. The van der Waals surface area contributed by atoms with Crippen molar-refractivity contribution in [3.8, 4) is 0 Å². The van der Waals surface area contributed by atoms with Crippen molar-refractivity contribution in [2.75, 3.05) is 20.2 Å². The van der Waals surface area contributed by atoms with Crippen molar-refractivity contribution >= 4 is 49.1 Å². The molecule has 0 spiro atoms. The zero-order chi connectivity index (χ0) is 13.0. The van der Waals surface area contributed by atoms with Crippen molar-refractivity contribution in [2.45, 2.75) is 20.0 Å². The summed E-state index contributed by atoms with van der Waals surface area (Å²) in [5, 5.41) is 0. The van der Waals surface area contributed by atoms with Gasteiger partial charge in [-0.25, -0.2) is 0 Å². The van der Waals surface area contributed by atoms with E-state index < -0.39 is 0 Å². The third-order valence-electron chi connectivity index (χ3n) is 2.11. The van der Waals surface area contributed by atoms with E-state index in [-0.39, 0.29) is 12.0 Å². The van der Waals surface area contributed by atoms with Gasteiger partial charge in [0.2, 0.25) is 0 Å². The molecule has 17 heavy (non-hydrogen) atoms. The zero-order valence-corrected chi connectivity index (χ0v) is 14.0. The average molecular weight is 385 g/mol. The summed E-state index contributed by atoms with van der Waals surface area (Å²) in [5.41, 5.74) is 0.689. The summed E-state index contributed by atoms with van der Waals surface area (Å²) in [7, 11) is 1.78. The molecule has 0 unspecified atom stereocenters. The molecule has 0 atom stereocenters. The quantitative estimate of drug-likeness (QED) is 0.773. The Morgan fingerprint density at radius 3 is 2.65 bits per heavy atom. The maximum atomic E-state index is 12.1. The van der Waals surface area contributed by atoms with Crippen molar-refractivity contribution in [3.05, 3.63) is 19.2 Å². The molecule has 0 fully saturated rings. The van der Waals surface area contributed by atoms with E-state index in [0.29, 0.717) is 18.7 Å². The van der Waals surface area contributed by atoms with Gasteiger partial charge >= 0.3 is 0 Å². The molecule has 1 aromatic heterocycles. The highest BCUT2D eigenvalue weighted by molar-refractivity contribution is 9.12. The minimum atomic E-state index is 0.00572. The first kappa shape index (κ1) is 15.1. The maximum absolute atomic E-state index is 12.1. The van der Waals surface area contributed by atoms with Crippen LogP contribution < -0.4 is 0 Å². The molecule has 1 aromatic rings. The van der Waals surface area contributed by atoms with E-state index in [1.807, 2.05) is 19.9 Å². The Morgan fingerprint density at radius 2 is 2.18 bits per heavy atom. The first-order chi connectivity index (χ1) is 7.91. The highest BCUT2D eigenvalue weighted by Gasteiger charge is 2.17. The number of carbonyl (C=O) groups excluding carboxylic acids is 1. The monoisotopic (exact) mass is 383 g/mol. The number of halogens is 2. The van der Waals surface area contributed by atoms with E-state index in [4.69, 9.17) is 4.74 Å². The van der Waals surface area contributed by atoms with Gasteiger partial charge < -0.3 is 9.64 Å². The topological polar surface area (TPSA) is 29.5 Å². The summed E-state index contributed by atoms with van der Waals surface area (Å²) in [6.07, 6.45) is 0.195. The highest BCUT2D eigenvalue weighted by Crippen LogP contribution is 2.32. The van der Waals surface area contributed by atoms with Gasteiger partial charge in [0.05, 0.1) is 25.8 Å².